The molecule has 4 rings (SSSR count). The van der Waals surface area contributed by atoms with Gasteiger partial charge in [-0.2, -0.15) is 0 Å². The second kappa shape index (κ2) is 8.67. The molecule has 0 amide bonds. The van der Waals surface area contributed by atoms with Gasteiger partial charge in [0.05, 0.1) is 27.0 Å². The lowest BCUT2D eigenvalue weighted by atomic mass is 9.99. The lowest BCUT2D eigenvalue weighted by molar-refractivity contribution is 0.284. The minimum atomic E-state index is -0.117. The molecule has 6 nitrogen and oxygen atoms in total. The molecule has 30 heavy (non-hydrogen) atoms. The van der Waals surface area contributed by atoms with Crippen molar-refractivity contribution in [2.45, 2.75) is 12.6 Å². The molecule has 1 unspecified atom stereocenters. The number of nitrogens with one attached hydrogen (secondary N) is 1. The van der Waals surface area contributed by atoms with Crippen LogP contribution in [0, 0.1) is 0 Å². The Labute approximate surface area is 182 Å². The molecule has 0 bridgehead atoms. The number of ether oxygens (including phenoxy) is 3. The second-order valence-electron chi connectivity index (χ2n) is 6.96. The number of methoxy groups -OCH3 is 3. The van der Waals surface area contributed by atoms with Crippen molar-refractivity contribution in [3.63, 3.8) is 0 Å². The van der Waals surface area contributed by atoms with E-state index in [1.807, 2.05) is 42.5 Å². The van der Waals surface area contributed by atoms with Crippen molar-refractivity contribution in [1.29, 1.82) is 0 Å². The Hall–Kier alpha value is -3.19. The minimum absolute atomic E-state index is 0.117. The summed E-state index contributed by atoms with van der Waals surface area (Å²) in [6.07, 6.45) is 2.10. The standard InChI is InChI=1S/C23H25N3O3S/c1-27-16-10-11-20(28-2)17(15-16)22-19-8-6-12-25(19)13-14-26(22)23(30)24-18-7-4-5-9-21(18)29-3/h4-12,15,22H,13-14H2,1-3H3,(H,24,30). The van der Waals surface area contributed by atoms with Gasteiger partial charge in [-0.05, 0) is 54.7 Å². The summed E-state index contributed by atoms with van der Waals surface area (Å²) in [6, 6.07) is 17.7. The maximum Gasteiger partial charge on any atom is 0.174 e. The smallest absolute Gasteiger partial charge is 0.174 e. The predicted molar refractivity (Wildman–Crippen MR) is 122 cm³/mol. The molecular weight excluding hydrogens is 398 g/mol. The fourth-order valence-electron chi connectivity index (χ4n) is 3.92. The highest BCUT2D eigenvalue weighted by Crippen LogP contribution is 2.39. The number of hydrogen-bond acceptors (Lipinski definition) is 4. The molecule has 1 atom stereocenters. The molecule has 2 heterocycles. The van der Waals surface area contributed by atoms with E-state index in [9.17, 15) is 0 Å². The number of fused-ring (bicyclic) bond motifs is 1. The van der Waals surface area contributed by atoms with E-state index in [4.69, 9.17) is 26.4 Å². The topological polar surface area (TPSA) is 47.9 Å². The van der Waals surface area contributed by atoms with Crippen LogP contribution >= 0.6 is 12.2 Å². The first-order valence-electron chi connectivity index (χ1n) is 9.74. The molecule has 0 aliphatic carbocycles. The molecule has 7 heteroatoms. The monoisotopic (exact) mass is 423 g/mol. The summed E-state index contributed by atoms with van der Waals surface area (Å²) in [4.78, 5) is 2.19. The summed E-state index contributed by atoms with van der Waals surface area (Å²) >= 11 is 5.86. The first-order valence-corrected chi connectivity index (χ1v) is 10.1. The third-order valence-electron chi connectivity index (χ3n) is 5.38. The van der Waals surface area contributed by atoms with E-state index >= 15 is 0 Å². The van der Waals surface area contributed by atoms with Crippen LogP contribution in [0.2, 0.25) is 0 Å². The summed E-state index contributed by atoms with van der Waals surface area (Å²) in [6.45, 7) is 1.60. The molecule has 0 radical (unpaired) electrons. The van der Waals surface area contributed by atoms with Crippen molar-refractivity contribution in [3.05, 3.63) is 72.1 Å². The van der Waals surface area contributed by atoms with Crippen LogP contribution in [-0.4, -0.2) is 42.5 Å². The Morgan fingerprint density at radius 3 is 2.50 bits per heavy atom. The fraction of sp³-hybridized carbons (Fsp3) is 0.261. The first-order chi connectivity index (χ1) is 14.7. The number of hydrogen-bond donors (Lipinski definition) is 1. The van der Waals surface area contributed by atoms with Gasteiger partial charge >= 0.3 is 0 Å². The van der Waals surface area contributed by atoms with Crippen molar-refractivity contribution in [3.8, 4) is 17.2 Å². The van der Waals surface area contributed by atoms with Crippen molar-refractivity contribution in [2.24, 2.45) is 0 Å². The molecule has 2 aromatic carbocycles. The van der Waals surface area contributed by atoms with Crippen molar-refractivity contribution >= 4 is 23.0 Å². The van der Waals surface area contributed by atoms with Gasteiger partial charge in [-0.25, -0.2) is 0 Å². The molecule has 0 fully saturated rings. The van der Waals surface area contributed by atoms with Crippen LogP contribution in [0.5, 0.6) is 17.2 Å². The van der Waals surface area contributed by atoms with Crippen molar-refractivity contribution in [1.82, 2.24) is 9.47 Å². The number of anilines is 1. The van der Waals surface area contributed by atoms with Crippen LogP contribution in [0.4, 0.5) is 5.69 Å². The van der Waals surface area contributed by atoms with Gasteiger partial charge in [0.2, 0.25) is 0 Å². The van der Waals surface area contributed by atoms with Gasteiger partial charge < -0.3 is 29.0 Å². The Kier molecular flexibility index (Phi) is 5.81. The number of rotatable bonds is 5. The fourth-order valence-corrected chi connectivity index (χ4v) is 4.22. The highest BCUT2D eigenvalue weighted by Gasteiger charge is 2.33. The van der Waals surface area contributed by atoms with E-state index in [2.05, 4.69) is 33.1 Å². The normalized spacial score (nSPS) is 15.3. The molecule has 1 N–H and O–H groups in total. The Balaban J connectivity index is 1.75. The first kappa shape index (κ1) is 20.1. The zero-order chi connectivity index (χ0) is 21.1. The van der Waals surface area contributed by atoms with E-state index in [0.717, 1.165) is 47.3 Å². The summed E-state index contributed by atoms with van der Waals surface area (Å²) in [5.74, 6) is 2.31. The quantitative estimate of drug-likeness (QED) is 0.617. The SMILES string of the molecule is COc1ccc(OC)c(C2c3cccn3CCN2C(=S)Nc2ccccc2OC)c1. The van der Waals surface area contributed by atoms with E-state index < -0.39 is 0 Å². The van der Waals surface area contributed by atoms with E-state index in [0.29, 0.717) is 5.11 Å². The molecule has 0 saturated carbocycles. The lowest BCUT2D eigenvalue weighted by Gasteiger charge is -2.39. The molecule has 156 valence electrons. The zero-order valence-corrected chi connectivity index (χ0v) is 18.1. The maximum absolute atomic E-state index is 5.86. The molecular formula is C23H25N3O3S. The van der Waals surface area contributed by atoms with E-state index in [-0.39, 0.29) is 6.04 Å². The molecule has 1 aliphatic rings. The maximum atomic E-state index is 5.86. The summed E-state index contributed by atoms with van der Waals surface area (Å²) in [5.41, 5.74) is 2.99. The van der Waals surface area contributed by atoms with Gasteiger partial charge in [0.25, 0.3) is 0 Å². The van der Waals surface area contributed by atoms with Gasteiger partial charge in [-0.15, -0.1) is 0 Å². The van der Waals surface area contributed by atoms with Gasteiger partial charge in [0, 0.05) is 30.5 Å². The Bertz CT molecular complexity index is 1050. The molecule has 3 aromatic rings. The van der Waals surface area contributed by atoms with Crippen molar-refractivity contribution in [2.75, 3.05) is 33.2 Å². The molecule has 1 aromatic heterocycles. The van der Waals surface area contributed by atoms with Crippen LogP contribution < -0.4 is 19.5 Å². The highest BCUT2D eigenvalue weighted by molar-refractivity contribution is 7.80. The average Bonchev–Trinajstić information content (AvgIpc) is 3.27. The largest absolute Gasteiger partial charge is 0.497 e. The zero-order valence-electron chi connectivity index (χ0n) is 17.3. The van der Waals surface area contributed by atoms with E-state index in [1.54, 1.807) is 21.3 Å². The third-order valence-corrected chi connectivity index (χ3v) is 5.72. The lowest BCUT2D eigenvalue weighted by Crippen LogP contribution is -2.44. The van der Waals surface area contributed by atoms with Gasteiger partial charge in [-0.1, -0.05) is 12.1 Å². The average molecular weight is 424 g/mol. The van der Waals surface area contributed by atoms with Gasteiger partial charge in [0.15, 0.2) is 5.11 Å². The Morgan fingerprint density at radius 1 is 0.933 bits per heavy atom. The Morgan fingerprint density at radius 2 is 1.73 bits per heavy atom. The van der Waals surface area contributed by atoms with Crippen LogP contribution in [0.3, 0.4) is 0 Å². The minimum Gasteiger partial charge on any atom is -0.497 e. The summed E-state index contributed by atoms with van der Waals surface area (Å²) < 4.78 is 18.9. The third kappa shape index (κ3) is 3.68. The van der Waals surface area contributed by atoms with Crippen LogP contribution in [0.15, 0.2) is 60.8 Å². The summed E-state index contributed by atoms with van der Waals surface area (Å²) in [5, 5.41) is 4.00. The van der Waals surface area contributed by atoms with Crippen LogP contribution in [0.25, 0.3) is 0 Å². The van der Waals surface area contributed by atoms with Crippen LogP contribution in [0.1, 0.15) is 17.3 Å². The van der Waals surface area contributed by atoms with E-state index in [1.165, 1.54) is 0 Å². The predicted octanol–water partition coefficient (Wildman–Crippen LogP) is 4.32. The number of thiocarbonyl (C=S) groups is 1. The highest BCUT2D eigenvalue weighted by atomic mass is 32.1. The number of nitrogens with zero attached hydrogens (tertiary/aromatic N) is 2. The number of aromatic nitrogens is 1. The second-order valence-corrected chi connectivity index (χ2v) is 7.35. The molecule has 1 aliphatic heterocycles. The van der Waals surface area contributed by atoms with Gasteiger partial charge in [-0.3, -0.25) is 0 Å². The van der Waals surface area contributed by atoms with Crippen molar-refractivity contribution < 1.29 is 14.2 Å². The number of para-hydroxylation sites is 2. The molecule has 0 spiro atoms. The van der Waals surface area contributed by atoms with Crippen LogP contribution in [-0.2, 0) is 6.54 Å². The molecule has 0 saturated heterocycles. The summed E-state index contributed by atoms with van der Waals surface area (Å²) in [7, 11) is 5.00. The van der Waals surface area contributed by atoms with Gasteiger partial charge in [0.1, 0.15) is 23.3 Å². The number of benzene rings is 2.